The average molecular weight is 289 g/mol. The van der Waals surface area contributed by atoms with Crippen LogP contribution in [0.4, 0.5) is 5.69 Å². The zero-order chi connectivity index (χ0) is 15.1. The van der Waals surface area contributed by atoms with E-state index in [1.54, 1.807) is 0 Å². The number of hydrogen-bond donors (Lipinski definition) is 3. The van der Waals surface area contributed by atoms with Crippen molar-refractivity contribution in [3.05, 3.63) is 65.4 Å². The molecule has 0 radical (unpaired) electrons. The zero-order valence-electron chi connectivity index (χ0n) is 11.9. The number of anilines is 1. The third kappa shape index (κ3) is 1.93. The predicted octanol–water partition coefficient (Wildman–Crippen LogP) is 3.12. The molecule has 2 heterocycles. The highest BCUT2D eigenvalue weighted by molar-refractivity contribution is 6.35. The number of carbonyl (C=O) groups is 1. The summed E-state index contributed by atoms with van der Waals surface area (Å²) in [6.07, 6.45) is 3.86. The number of fused-ring (bicyclic) bond motifs is 2. The Morgan fingerprint density at radius 3 is 2.86 bits per heavy atom. The molecule has 4 heteroatoms. The first-order chi connectivity index (χ1) is 10.8. The van der Waals surface area contributed by atoms with Crippen LogP contribution in [0.3, 0.4) is 0 Å². The van der Waals surface area contributed by atoms with Crippen LogP contribution in [0.1, 0.15) is 16.7 Å². The van der Waals surface area contributed by atoms with Crippen molar-refractivity contribution < 1.29 is 4.79 Å². The van der Waals surface area contributed by atoms with Crippen LogP contribution in [-0.4, -0.2) is 10.9 Å². The second-order valence-corrected chi connectivity index (χ2v) is 5.39. The Hall–Kier alpha value is -2.85. The quantitative estimate of drug-likeness (QED) is 0.634. The minimum absolute atomic E-state index is 0.0746. The summed E-state index contributed by atoms with van der Waals surface area (Å²) >= 11 is 0. The van der Waals surface area contributed by atoms with Crippen molar-refractivity contribution in [3.63, 3.8) is 0 Å². The van der Waals surface area contributed by atoms with E-state index in [2.05, 4.69) is 10.3 Å². The molecule has 1 aliphatic rings. The highest BCUT2D eigenvalue weighted by Crippen LogP contribution is 2.34. The van der Waals surface area contributed by atoms with E-state index in [0.29, 0.717) is 12.1 Å². The van der Waals surface area contributed by atoms with Gasteiger partial charge in [-0.15, -0.1) is 0 Å². The van der Waals surface area contributed by atoms with Gasteiger partial charge < -0.3 is 16.0 Å². The van der Waals surface area contributed by atoms with E-state index in [1.165, 1.54) is 0 Å². The number of H-pyrrole nitrogens is 1. The van der Waals surface area contributed by atoms with E-state index in [1.807, 2.05) is 54.7 Å². The number of aromatic nitrogens is 1. The molecule has 0 saturated carbocycles. The number of rotatable bonds is 2. The van der Waals surface area contributed by atoms with Gasteiger partial charge in [0.1, 0.15) is 0 Å². The Balaban J connectivity index is 1.88. The summed E-state index contributed by atoms with van der Waals surface area (Å²) in [5.74, 6) is -0.0746. The van der Waals surface area contributed by atoms with E-state index < -0.39 is 0 Å². The van der Waals surface area contributed by atoms with Crippen molar-refractivity contribution >= 4 is 34.1 Å². The van der Waals surface area contributed by atoms with Gasteiger partial charge >= 0.3 is 0 Å². The summed E-state index contributed by atoms with van der Waals surface area (Å²) in [5, 5.41) is 4.00. The van der Waals surface area contributed by atoms with Gasteiger partial charge in [0, 0.05) is 46.0 Å². The van der Waals surface area contributed by atoms with Crippen molar-refractivity contribution in [1.29, 1.82) is 0 Å². The lowest BCUT2D eigenvalue weighted by Gasteiger charge is -2.02. The van der Waals surface area contributed by atoms with Crippen LogP contribution in [0.5, 0.6) is 0 Å². The maximum absolute atomic E-state index is 12.3. The fourth-order valence-corrected chi connectivity index (χ4v) is 2.87. The molecular formula is C18H15N3O. The monoisotopic (exact) mass is 289 g/mol. The van der Waals surface area contributed by atoms with Gasteiger partial charge in [0.15, 0.2) is 0 Å². The van der Waals surface area contributed by atoms with Gasteiger partial charge in [-0.05, 0) is 29.8 Å². The van der Waals surface area contributed by atoms with E-state index >= 15 is 0 Å². The van der Waals surface area contributed by atoms with Crippen LogP contribution in [0, 0.1) is 0 Å². The number of para-hydroxylation sites is 1. The predicted molar refractivity (Wildman–Crippen MR) is 89.1 cm³/mol. The number of nitrogens with two attached hydrogens (primary N) is 1. The van der Waals surface area contributed by atoms with Gasteiger partial charge in [0.2, 0.25) is 0 Å². The molecule has 1 amide bonds. The summed E-state index contributed by atoms with van der Waals surface area (Å²) in [4.78, 5) is 15.5. The van der Waals surface area contributed by atoms with Crippen LogP contribution < -0.4 is 11.1 Å². The molecule has 0 saturated heterocycles. The fourth-order valence-electron chi connectivity index (χ4n) is 2.87. The van der Waals surface area contributed by atoms with Gasteiger partial charge in [-0.2, -0.15) is 0 Å². The number of amides is 1. The highest BCUT2D eigenvalue weighted by Gasteiger charge is 2.24. The summed E-state index contributed by atoms with van der Waals surface area (Å²) in [6, 6.07) is 13.9. The summed E-state index contributed by atoms with van der Waals surface area (Å²) in [6.45, 7) is 0.460. The Bertz CT molecular complexity index is 921. The van der Waals surface area contributed by atoms with Gasteiger partial charge in [-0.3, -0.25) is 4.79 Å². The van der Waals surface area contributed by atoms with Gasteiger partial charge in [0.05, 0.1) is 0 Å². The second kappa shape index (κ2) is 4.86. The summed E-state index contributed by atoms with van der Waals surface area (Å²) < 4.78 is 0. The lowest BCUT2D eigenvalue weighted by atomic mass is 10.0. The lowest BCUT2D eigenvalue weighted by Crippen LogP contribution is -2.03. The minimum atomic E-state index is -0.0746. The molecule has 108 valence electrons. The molecule has 22 heavy (non-hydrogen) atoms. The Morgan fingerprint density at radius 2 is 2.00 bits per heavy atom. The molecule has 0 unspecified atom stereocenters. The third-order valence-corrected chi connectivity index (χ3v) is 4.02. The van der Waals surface area contributed by atoms with Crippen LogP contribution in [0.2, 0.25) is 0 Å². The molecule has 0 fully saturated rings. The smallest absolute Gasteiger partial charge is 0.256 e. The summed E-state index contributed by atoms with van der Waals surface area (Å²) in [7, 11) is 0. The van der Waals surface area contributed by atoms with Crippen LogP contribution in [0.15, 0.2) is 48.7 Å². The second-order valence-electron chi connectivity index (χ2n) is 5.39. The summed E-state index contributed by atoms with van der Waals surface area (Å²) in [5.41, 5.74) is 11.2. The van der Waals surface area contributed by atoms with E-state index in [4.69, 9.17) is 5.73 Å². The van der Waals surface area contributed by atoms with Crippen molar-refractivity contribution in [1.82, 2.24) is 4.98 Å². The average Bonchev–Trinajstić information content (AvgIpc) is 3.09. The molecule has 1 aromatic heterocycles. The first-order valence-corrected chi connectivity index (χ1v) is 7.19. The molecule has 4 nitrogen and oxygen atoms in total. The number of hydrogen-bond acceptors (Lipinski definition) is 2. The van der Waals surface area contributed by atoms with E-state index in [-0.39, 0.29) is 5.91 Å². The number of aromatic amines is 1. The highest BCUT2D eigenvalue weighted by atomic mass is 16.2. The topological polar surface area (TPSA) is 70.9 Å². The largest absolute Gasteiger partial charge is 0.361 e. The van der Waals surface area contributed by atoms with Crippen molar-refractivity contribution in [3.8, 4) is 0 Å². The van der Waals surface area contributed by atoms with Gasteiger partial charge in [-0.25, -0.2) is 0 Å². The maximum atomic E-state index is 12.3. The third-order valence-electron chi connectivity index (χ3n) is 4.02. The SMILES string of the molecule is NCc1ccc2c(c1)C(=Cc1c[nH]c3ccccc13)C(=O)N2. The molecule has 2 aromatic carbocycles. The number of benzene rings is 2. The minimum Gasteiger partial charge on any atom is -0.361 e. The van der Waals surface area contributed by atoms with Crippen molar-refractivity contribution in [2.75, 3.05) is 5.32 Å². The molecule has 0 atom stereocenters. The molecule has 0 spiro atoms. The first kappa shape index (κ1) is 12.9. The standard InChI is InChI=1S/C18H15N3O/c19-9-11-5-6-17-14(7-11)15(18(22)21-17)8-12-10-20-16-4-2-1-3-13(12)16/h1-8,10,20H,9,19H2,(H,21,22). The molecule has 0 bridgehead atoms. The van der Waals surface area contributed by atoms with Crippen LogP contribution >= 0.6 is 0 Å². The Kier molecular flexibility index (Phi) is 2.84. The molecule has 1 aliphatic heterocycles. The molecule has 0 aliphatic carbocycles. The maximum Gasteiger partial charge on any atom is 0.256 e. The molecule has 3 aromatic rings. The zero-order valence-corrected chi connectivity index (χ0v) is 11.9. The van der Waals surface area contributed by atoms with E-state index in [9.17, 15) is 4.79 Å². The van der Waals surface area contributed by atoms with Crippen LogP contribution in [0.25, 0.3) is 22.6 Å². The molecule has 4 rings (SSSR count). The van der Waals surface area contributed by atoms with Gasteiger partial charge in [-0.1, -0.05) is 24.3 Å². The normalized spacial score (nSPS) is 15.3. The Morgan fingerprint density at radius 1 is 1.14 bits per heavy atom. The number of nitrogens with one attached hydrogen (secondary N) is 2. The van der Waals surface area contributed by atoms with E-state index in [0.717, 1.165) is 33.3 Å². The molecule has 4 N–H and O–H groups in total. The first-order valence-electron chi connectivity index (χ1n) is 7.19. The lowest BCUT2D eigenvalue weighted by molar-refractivity contribution is -0.110. The fraction of sp³-hybridized carbons (Fsp3) is 0.0556. The van der Waals surface area contributed by atoms with Crippen molar-refractivity contribution in [2.24, 2.45) is 5.73 Å². The molecular weight excluding hydrogens is 274 g/mol. The van der Waals surface area contributed by atoms with Crippen molar-refractivity contribution in [2.45, 2.75) is 6.54 Å². The van der Waals surface area contributed by atoms with Crippen LogP contribution in [-0.2, 0) is 11.3 Å². The van der Waals surface area contributed by atoms with Gasteiger partial charge in [0.25, 0.3) is 5.91 Å². The Labute approximate surface area is 127 Å². The number of carbonyl (C=O) groups excluding carboxylic acids is 1.